The minimum absolute atomic E-state index is 0.339. The van der Waals surface area contributed by atoms with Crippen LogP contribution in [-0.4, -0.2) is 19.1 Å². The molecule has 106 valence electrons. The van der Waals surface area contributed by atoms with Crippen LogP contribution < -0.4 is 10.1 Å². The van der Waals surface area contributed by atoms with E-state index in [0.717, 1.165) is 11.5 Å². The van der Waals surface area contributed by atoms with Crippen molar-refractivity contribution in [3.63, 3.8) is 0 Å². The first-order chi connectivity index (χ1) is 9.74. The Morgan fingerprint density at radius 3 is 2.65 bits per heavy atom. The first kappa shape index (κ1) is 14.9. The maximum absolute atomic E-state index is 5.46. The highest BCUT2D eigenvalue weighted by atomic mass is 32.2. The summed E-state index contributed by atoms with van der Waals surface area (Å²) in [5.41, 5.74) is 2.49. The minimum atomic E-state index is 0.339. The standard InChI is InChI=1S/C16H20N2OS/c1-12(17-2)13-4-5-16(19-3)14(10-13)11-20-15-6-8-18-9-7-15/h4-10,12,17H,11H2,1-3H3. The molecule has 1 N–H and O–H groups in total. The van der Waals surface area contributed by atoms with Crippen LogP contribution in [0.1, 0.15) is 24.1 Å². The lowest BCUT2D eigenvalue weighted by Gasteiger charge is -2.15. The normalized spacial score (nSPS) is 12.2. The molecule has 20 heavy (non-hydrogen) atoms. The molecule has 2 aromatic rings. The second-order valence-corrected chi connectivity index (χ2v) is 5.60. The number of hydrogen-bond acceptors (Lipinski definition) is 4. The lowest BCUT2D eigenvalue weighted by Crippen LogP contribution is -2.12. The highest BCUT2D eigenvalue weighted by molar-refractivity contribution is 7.98. The first-order valence-corrected chi connectivity index (χ1v) is 7.60. The van der Waals surface area contributed by atoms with Gasteiger partial charge in [0.25, 0.3) is 0 Å². The molecule has 0 spiro atoms. The maximum atomic E-state index is 5.46. The molecule has 1 unspecified atom stereocenters. The van der Waals surface area contributed by atoms with Crippen LogP contribution >= 0.6 is 11.8 Å². The number of hydrogen-bond donors (Lipinski definition) is 1. The number of nitrogens with one attached hydrogen (secondary N) is 1. The fourth-order valence-electron chi connectivity index (χ4n) is 1.94. The molecular weight excluding hydrogens is 268 g/mol. The lowest BCUT2D eigenvalue weighted by molar-refractivity contribution is 0.411. The number of ether oxygens (including phenoxy) is 1. The number of rotatable bonds is 6. The zero-order chi connectivity index (χ0) is 14.4. The number of benzene rings is 1. The van der Waals surface area contributed by atoms with E-state index in [1.54, 1.807) is 18.9 Å². The van der Waals surface area contributed by atoms with E-state index in [0.29, 0.717) is 6.04 Å². The molecule has 0 amide bonds. The summed E-state index contributed by atoms with van der Waals surface area (Å²) in [5.74, 6) is 1.83. The van der Waals surface area contributed by atoms with Gasteiger partial charge in [0.05, 0.1) is 7.11 Å². The van der Waals surface area contributed by atoms with E-state index < -0.39 is 0 Å². The van der Waals surface area contributed by atoms with E-state index in [9.17, 15) is 0 Å². The van der Waals surface area contributed by atoms with Crippen LogP contribution in [0.15, 0.2) is 47.6 Å². The van der Waals surface area contributed by atoms with Crippen molar-refractivity contribution in [1.82, 2.24) is 10.3 Å². The van der Waals surface area contributed by atoms with Crippen molar-refractivity contribution in [2.75, 3.05) is 14.2 Å². The van der Waals surface area contributed by atoms with E-state index in [1.807, 2.05) is 37.6 Å². The Hall–Kier alpha value is -1.52. The summed E-state index contributed by atoms with van der Waals surface area (Å²) in [6, 6.07) is 10.8. The SMILES string of the molecule is CNC(C)c1ccc(OC)c(CSc2ccncc2)c1. The maximum Gasteiger partial charge on any atom is 0.122 e. The Morgan fingerprint density at radius 2 is 2.00 bits per heavy atom. The Morgan fingerprint density at radius 1 is 1.25 bits per heavy atom. The molecule has 1 atom stereocenters. The fraction of sp³-hybridized carbons (Fsp3) is 0.312. The van der Waals surface area contributed by atoms with Crippen LogP contribution in [0.5, 0.6) is 5.75 Å². The zero-order valence-corrected chi connectivity index (χ0v) is 12.9. The van der Waals surface area contributed by atoms with E-state index in [2.05, 4.69) is 29.4 Å². The molecule has 0 saturated carbocycles. The van der Waals surface area contributed by atoms with Crippen LogP contribution in [0.4, 0.5) is 0 Å². The summed E-state index contributed by atoms with van der Waals surface area (Å²) >= 11 is 1.79. The highest BCUT2D eigenvalue weighted by Crippen LogP contribution is 2.29. The van der Waals surface area contributed by atoms with Gasteiger partial charge in [0, 0.05) is 34.6 Å². The van der Waals surface area contributed by atoms with Crippen molar-refractivity contribution in [1.29, 1.82) is 0 Å². The molecule has 0 radical (unpaired) electrons. The summed E-state index contributed by atoms with van der Waals surface area (Å²) in [7, 11) is 3.69. The Labute approximate surface area is 124 Å². The van der Waals surface area contributed by atoms with Gasteiger partial charge in [-0.1, -0.05) is 6.07 Å². The van der Waals surface area contributed by atoms with Gasteiger partial charge in [0.15, 0.2) is 0 Å². The predicted molar refractivity (Wildman–Crippen MR) is 84.3 cm³/mol. The number of aromatic nitrogens is 1. The summed E-state index contributed by atoms with van der Waals surface area (Å²) < 4.78 is 5.46. The highest BCUT2D eigenvalue weighted by Gasteiger charge is 2.09. The first-order valence-electron chi connectivity index (χ1n) is 6.61. The molecule has 1 aromatic heterocycles. The van der Waals surface area contributed by atoms with Crippen LogP contribution in [0.3, 0.4) is 0 Å². The molecule has 0 fully saturated rings. The van der Waals surface area contributed by atoms with Gasteiger partial charge in [-0.2, -0.15) is 0 Å². The van der Waals surface area contributed by atoms with Gasteiger partial charge in [-0.15, -0.1) is 11.8 Å². The van der Waals surface area contributed by atoms with Gasteiger partial charge < -0.3 is 10.1 Å². The molecule has 0 aliphatic carbocycles. The molecule has 4 heteroatoms. The molecule has 1 heterocycles. The molecule has 0 saturated heterocycles. The second kappa shape index (κ2) is 7.31. The van der Waals surface area contributed by atoms with Crippen molar-refractivity contribution in [3.8, 4) is 5.75 Å². The lowest BCUT2D eigenvalue weighted by atomic mass is 10.1. The predicted octanol–water partition coefficient (Wildman–Crippen LogP) is 3.66. The smallest absolute Gasteiger partial charge is 0.122 e. The third kappa shape index (κ3) is 3.74. The van der Waals surface area contributed by atoms with Crippen LogP contribution in [0.25, 0.3) is 0 Å². The average molecular weight is 288 g/mol. The van der Waals surface area contributed by atoms with Gasteiger partial charge in [0.2, 0.25) is 0 Å². The summed E-state index contributed by atoms with van der Waals surface area (Å²) in [6.07, 6.45) is 3.64. The number of pyridine rings is 1. The van der Waals surface area contributed by atoms with E-state index in [-0.39, 0.29) is 0 Å². The van der Waals surface area contributed by atoms with Crippen molar-refractivity contribution in [2.45, 2.75) is 23.6 Å². The second-order valence-electron chi connectivity index (χ2n) is 4.55. The third-order valence-electron chi connectivity index (χ3n) is 3.28. The zero-order valence-electron chi connectivity index (χ0n) is 12.1. The van der Waals surface area contributed by atoms with Crippen molar-refractivity contribution in [2.24, 2.45) is 0 Å². The van der Waals surface area contributed by atoms with Crippen LogP contribution in [-0.2, 0) is 5.75 Å². The molecule has 0 bridgehead atoms. The molecule has 3 nitrogen and oxygen atoms in total. The summed E-state index contributed by atoms with van der Waals surface area (Å²) in [4.78, 5) is 5.25. The quantitative estimate of drug-likeness (QED) is 0.823. The monoisotopic (exact) mass is 288 g/mol. The van der Waals surface area contributed by atoms with Crippen molar-refractivity contribution >= 4 is 11.8 Å². The van der Waals surface area contributed by atoms with E-state index in [4.69, 9.17) is 4.74 Å². The average Bonchev–Trinajstić information content (AvgIpc) is 2.52. The fourth-order valence-corrected chi connectivity index (χ4v) is 2.80. The molecule has 0 aliphatic rings. The summed E-state index contributed by atoms with van der Waals surface area (Å²) in [5, 5.41) is 3.26. The van der Waals surface area contributed by atoms with Crippen molar-refractivity contribution < 1.29 is 4.74 Å². The van der Waals surface area contributed by atoms with Gasteiger partial charge in [0.1, 0.15) is 5.75 Å². The summed E-state index contributed by atoms with van der Waals surface area (Å²) in [6.45, 7) is 2.15. The third-order valence-corrected chi connectivity index (χ3v) is 4.34. The van der Waals surface area contributed by atoms with Gasteiger partial charge in [-0.25, -0.2) is 0 Å². The molecular formula is C16H20N2OS. The van der Waals surface area contributed by atoms with Gasteiger partial charge in [-0.05, 0) is 43.8 Å². The molecule has 0 aliphatic heterocycles. The van der Waals surface area contributed by atoms with Crippen LogP contribution in [0, 0.1) is 0 Å². The molecule has 2 rings (SSSR count). The van der Waals surface area contributed by atoms with Gasteiger partial charge >= 0.3 is 0 Å². The molecule has 1 aromatic carbocycles. The van der Waals surface area contributed by atoms with E-state index in [1.165, 1.54) is 16.0 Å². The number of thioether (sulfide) groups is 1. The number of nitrogens with zero attached hydrogens (tertiary/aromatic N) is 1. The minimum Gasteiger partial charge on any atom is -0.496 e. The largest absolute Gasteiger partial charge is 0.496 e. The topological polar surface area (TPSA) is 34.1 Å². The van der Waals surface area contributed by atoms with Gasteiger partial charge in [-0.3, -0.25) is 4.98 Å². The number of methoxy groups -OCH3 is 1. The Bertz CT molecular complexity index is 545. The Balaban J connectivity index is 2.16. The van der Waals surface area contributed by atoms with Crippen LogP contribution in [0.2, 0.25) is 0 Å². The van der Waals surface area contributed by atoms with Crippen molar-refractivity contribution in [3.05, 3.63) is 53.9 Å². The Kier molecular flexibility index (Phi) is 5.44. The van der Waals surface area contributed by atoms with E-state index >= 15 is 0 Å².